The number of nitrogens with two attached hydrogens (primary N) is 1. The molecule has 0 bridgehead atoms. The monoisotopic (exact) mass is 562 g/mol. The molecule has 0 spiro atoms. The second-order valence-corrected chi connectivity index (χ2v) is 9.32. The average Bonchev–Trinajstić information content (AvgIpc) is 3.35. The average molecular weight is 563 g/mol. The summed E-state index contributed by atoms with van der Waals surface area (Å²) in [5.74, 6) is -4.28. The predicted molar refractivity (Wildman–Crippen MR) is 146 cm³/mol. The van der Waals surface area contributed by atoms with Gasteiger partial charge in [-0.1, -0.05) is 12.1 Å². The van der Waals surface area contributed by atoms with E-state index in [-0.39, 0.29) is 28.7 Å². The van der Waals surface area contributed by atoms with Crippen LogP contribution in [0, 0.1) is 25.5 Å². The maximum absolute atomic E-state index is 14.8. The quantitative estimate of drug-likeness (QED) is 0.324. The Bertz CT molecular complexity index is 2000. The van der Waals surface area contributed by atoms with E-state index < -0.39 is 40.3 Å². The summed E-state index contributed by atoms with van der Waals surface area (Å²) < 4.78 is 38.2. The van der Waals surface area contributed by atoms with E-state index in [1.165, 1.54) is 17.8 Å². The zero-order valence-corrected chi connectivity index (χ0v) is 22.4. The first-order chi connectivity index (χ1) is 19.4. The molecule has 0 fully saturated rings. The number of carbonyl (C=O) groups excluding carboxylic acids is 2. The van der Waals surface area contributed by atoms with Crippen molar-refractivity contribution < 1.29 is 22.9 Å². The van der Waals surface area contributed by atoms with Gasteiger partial charge in [0.05, 0.1) is 22.3 Å². The van der Waals surface area contributed by atoms with Crippen molar-refractivity contribution in [1.29, 1.82) is 0 Å². The van der Waals surface area contributed by atoms with Crippen molar-refractivity contribution in [3.63, 3.8) is 0 Å². The highest BCUT2D eigenvalue weighted by Gasteiger charge is 2.25. The Morgan fingerprint density at radius 1 is 1.05 bits per heavy atom. The Hall–Kier alpha value is -5.33. The van der Waals surface area contributed by atoms with Crippen molar-refractivity contribution in [3.8, 4) is 16.8 Å². The molecule has 0 saturated carbocycles. The smallest absolute Gasteiger partial charge is 0.290 e. The van der Waals surface area contributed by atoms with Gasteiger partial charge in [-0.3, -0.25) is 23.9 Å². The Kier molecular flexibility index (Phi) is 6.65. The summed E-state index contributed by atoms with van der Waals surface area (Å²) in [6, 6.07) is 9.98. The molecule has 41 heavy (non-hydrogen) atoms. The minimum Gasteiger partial charge on any atom is -0.381 e. The number of nitrogens with zero attached hydrogens (tertiary/aromatic N) is 4. The van der Waals surface area contributed by atoms with Crippen LogP contribution in [-0.4, -0.2) is 30.9 Å². The molecule has 0 radical (unpaired) electrons. The third-order valence-electron chi connectivity index (χ3n) is 6.67. The number of hydrogen-bond acceptors (Lipinski definition) is 6. The Labute approximate surface area is 230 Å². The van der Waals surface area contributed by atoms with Crippen LogP contribution in [0.15, 0.2) is 56.6 Å². The molecule has 0 unspecified atom stereocenters. The van der Waals surface area contributed by atoms with Gasteiger partial charge in [-0.15, -0.1) is 0 Å². The molecule has 0 aliphatic heterocycles. The summed E-state index contributed by atoms with van der Waals surface area (Å²) in [5.41, 5.74) is 4.67. The molecule has 3 N–H and O–H groups in total. The van der Waals surface area contributed by atoms with E-state index in [2.05, 4.69) is 10.3 Å². The van der Waals surface area contributed by atoms with Crippen LogP contribution in [-0.2, 0) is 13.6 Å². The molecule has 2 amide bonds. The minimum absolute atomic E-state index is 0.182. The van der Waals surface area contributed by atoms with Crippen LogP contribution in [0.5, 0.6) is 0 Å². The van der Waals surface area contributed by atoms with E-state index in [1.54, 1.807) is 49.7 Å². The molecule has 3 aromatic heterocycles. The third-order valence-corrected chi connectivity index (χ3v) is 6.67. The molecule has 5 aromatic rings. The van der Waals surface area contributed by atoms with Crippen molar-refractivity contribution in [1.82, 2.24) is 19.1 Å². The van der Waals surface area contributed by atoms with E-state index in [9.17, 15) is 28.0 Å². The van der Waals surface area contributed by atoms with Crippen molar-refractivity contribution in [3.05, 3.63) is 97.5 Å². The number of nitrogens with one attached hydrogen (secondary N) is 1. The van der Waals surface area contributed by atoms with Crippen LogP contribution in [0.4, 0.5) is 14.5 Å². The lowest BCUT2D eigenvalue weighted by Gasteiger charge is -2.13. The van der Waals surface area contributed by atoms with E-state index in [1.807, 2.05) is 0 Å². The van der Waals surface area contributed by atoms with Gasteiger partial charge in [0.2, 0.25) is 0 Å². The van der Waals surface area contributed by atoms with Crippen LogP contribution < -0.4 is 22.2 Å². The number of anilines is 1. The number of aryl methyl sites for hydroxylation is 4. The number of carbonyl (C=O) groups is 2. The fourth-order valence-corrected chi connectivity index (χ4v) is 4.88. The highest BCUT2D eigenvalue weighted by atomic mass is 19.1. The predicted octanol–water partition coefficient (Wildman–Crippen LogP) is 3.41. The van der Waals surface area contributed by atoms with Crippen LogP contribution >= 0.6 is 0 Å². The maximum atomic E-state index is 14.8. The number of benzene rings is 2. The zero-order chi connectivity index (χ0) is 29.7. The molecule has 11 nitrogen and oxygen atoms in total. The molecule has 13 heteroatoms. The van der Waals surface area contributed by atoms with Gasteiger partial charge in [-0.2, -0.15) is 4.74 Å². The Morgan fingerprint density at radius 3 is 2.32 bits per heavy atom. The molecule has 0 saturated heterocycles. The van der Waals surface area contributed by atoms with E-state index in [4.69, 9.17) is 10.3 Å². The maximum Gasteiger partial charge on any atom is 0.290 e. The van der Waals surface area contributed by atoms with E-state index >= 15 is 0 Å². The summed E-state index contributed by atoms with van der Waals surface area (Å²) in [5, 5.41) is 2.50. The zero-order valence-electron chi connectivity index (χ0n) is 22.4. The highest BCUT2D eigenvalue weighted by Crippen LogP contribution is 2.26. The van der Waals surface area contributed by atoms with Gasteiger partial charge >= 0.3 is 0 Å². The highest BCUT2D eigenvalue weighted by molar-refractivity contribution is 6.11. The lowest BCUT2D eigenvalue weighted by Crippen LogP contribution is -2.22. The van der Waals surface area contributed by atoms with Crippen LogP contribution in [0.3, 0.4) is 0 Å². The van der Waals surface area contributed by atoms with Crippen molar-refractivity contribution in [2.75, 3.05) is 5.32 Å². The van der Waals surface area contributed by atoms with Crippen molar-refractivity contribution >= 4 is 28.4 Å². The number of rotatable bonds is 6. The number of halogens is 2. The number of primary amides is 1. The number of pyridine rings is 1. The van der Waals surface area contributed by atoms with Gasteiger partial charge in [0.25, 0.3) is 22.9 Å². The van der Waals surface area contributed by atoms with Crippen LogP contribution in [0.2, 0.25) is 0 Å². The van der Waals surface area contributed by atoms with Gasteiger partial charge in [-0.05, 0) is 56.7 Å². The van der Waals surface area contributed by atoms with Crippen molar-refractivity contribution in [2.45, 2.75) is 27.3 Å². The van der Waals surface area contributed by atoms with Gasteiger partial charge < -0.3 is 15.6 Å². The summed E-state index contributed by atoms with van der Waals surface area (Å²) in [7, 11) is 1.51. The van der Waals surface area contributed by atoms with Gasteiger partial charge in [0, 0.05) is 19.3 Å². The fraction of sp³-hybridized carbons (Fsp3) is 0.179. The number of amides is 2. The third kappa shape index (κ3) is 4.40. The van der Waals surface area contributed by atoms with Crippen molar-refractivity contribution in [2.24, 2.45) is 12.8 Å². The van der Waals surface area contributed by atoms with Gasteiger partial charge in [-0.25, -0.2) is 18.4 Å². The van der Waals surface area contributed by atoms with Gasteiger partial charge in [0.15, 0.2) is 11.5 Å². The standard InChI is InChI=1S/C28H24F2N6O5/c1-5-35-24-17(27(39)36(35)16-8-6-15(7-9-16)20-14(3)41-34(4)28(20)40)12-13(2)32-23(24)26(38)33-19-11-10-18(29)21(22(19)30)25(31)37/h6-12H,5H2,1-4H3,(H2,31,37)(H,33,38). The minimum atomic E-state index is -1.33. The molecule has 0 aliphatic carbocycles. The SMILES string of the molecule is CCn1c2c(C(=O)Nc3ccc(F)c(C(N)=O)c3F)nc(C)cc2c(=O)n1-c1ccc(-c2c(C)on(C)c2=O)cc1. The molecular weight excluding hydrogens is 538 g/mol. The summed E-state index contributed by atoms with van der Waals surface area (Å²) in [4.78, 5) is 55.3. The molecule has 0 aliphatic rings. The lowest BCUT2D eigenvalue weighted by atomic mass is 10.1. The first-order valence-corrected chi connectivity index (χ1v) is 12.4. The topological polar surface area (TPSA) is 147 Å². The largest absolute Gasteiger partial charge is 0.381 e. The summed E-state index contributed by atoms with van der Waals surface area (Å²) in [6.07, 6.45) is 0. The van der Waals surface area contributed by atoms with Crippen LogP contribution in [0.1, 0.15) is 39.2 Å². The second-order valence-electron chi connectivity index (χ2n) is 9.32. The normalized spacial score (nSPS) is 11.3. The Balaban J connectivity index is 1.63. The number of aromatic nitrogens is 4. The van der Waals surface area contributed by atoms with E-state index in [0.717, 1.165) is 16.9 Å². The van der Waals surface area contributed by atoms with Gasteiger partial charge in [0.1, 0.15) is 22.7 Å². The Morgan fingerprint density at radius 2 is 1.73 bits per heavy atom. The molecule has 5 rings (SSSR count). The second kappa shape index (κ2) is 10.0. The first kappa shape index (κ1) is 27.2. The molecule has 0 atom stereocenters. The number of fused-ring (bicyclic) bond motifs is 1. The summed E-state index contributed by atoms with van der Waals surface area (Å²) in [6.45, 7) is 5.28. The molecule has 3 heterocycles. The summed E-state index contributed by atoms with van der Waals surface area (Å²) >= 11 is 0. The van der Waals surface area contributed by atoms with Crippen LogP contribution in [0.25, 0.3) is 27.7 Å². The first-order valence-electron chi connectivity index (χ1n) is 12.4. The lowest BCUT2D eigenvalue weighted by molar-refractivity contribution is 0.0987. The fourth-order valence-electron chi connectivity index (χ4n) is 4.88. The molecular formula is C28H24F2N6O5. The molecule has 210 valence electrons. The van der Waals surface area contributed by atoms with E-state index in [0.29, 0.717) is 28.3 Å². The number of hydrogen-bond donors (Lipinski definition) is 2. The molecule has 2 aromatic carbocycles.